The summed E-state index contributed by atoms with van der Waals surface area (Å²) in [7, 11) is 0. The van der Waals surface area contributed by atoms with Gasteiger partial charge in [0, 0.05) is 37.3 Å². The van der Waals surface area contributed by atoms with Crippen LogP contribution in [-0.2, 0) is 4.74 Å². The van der Waals surface area contributed by atoms with Gasteiger partial charge in [-0.05, 0) is 18.9 Å². The van der Waals surface area contributed by atoms with Crippen molar-refractivity contribution in [1.82, 2.24) is 14.9 Å². The van der Waals surface area contributed by atoms with Crippen molar-refractivity contribution in [1.29, 1.82) is 0 Å². The minimum atomic E-state index is 0.354. The van der Waals surface area contributed by atoms with Gasteiger partial charge in [0.05, 0.1) is 13.2 Å². The highest BCUT2D eigenvalue weighted by atomic mass is 16.5. The molecule has 0 saturated carbocycles. The van der Waals surface area contributed by atoms with E-state index in [1.165, 1.54) is 0 Å². The number of anilines is 1. The monoisotopic (exact) mass is 306 g/mol. The molecule has 2 heterocycles. The maximum absolute atomic E-state index is 5.37. The van der Waals surface area contributed by atoms with Crippen molar-refractivity contribution in [2.45, 2.75) is 46.0 Å². The average Bonchev–Trinajstić information content (AvgIpc) is 2.52. The van der Waals surface area contributed by atoms with Crippen molar-refractivity contribution >= 4 is 5.82 Å². The molecule has 0 atom stereocenters. The Morgan fingerprint density at radius 2 is 1.86 bits per heavy atom. The molecule has 2 rings (SSSR count). The van der Waals surface area contributed by atoms with Gasteiger partial charge in [-0.15, -0.1) is 0 Å². The highest BCUT2D eigenvalue weighted by Crippen LogP contribution is 2.19. The summed E-state index contributed by atoms with van der Waals surface area (Å²) in [5.74, 6) is 2.67. The number of hydrogen-bond acceptors (Lipinski definition) is 5. The van der Waals surface area contributed by atoms with E-state index >= 15 is 0 Å². The van der Waals surface area contributed by atoms with E-state index in [1.54, 1.807) is 0 Å². The van der Waals surface area contributed by atoms with Crippen LogP contribution in [0.1, 0.15) is 57.5 Å². The predicted molar refractivity (Wildman–Crippen MR) is 90.6 cm³/mol. The van der Waals surface area contributed by atoms with Crippen LogP contribution in [0, 0.1) is 0 Å². The molecule has 1 aromatic rings. The molecular formula is C17H30N4O. The molecule has 0 spiro atoms. The molecular weight excluding hydrogens is 276 g/mol. The van der Waals surface area contributed by atoms with Gasteiger partial charge in [-0.2, -0.15) is 0 Å². The largest absolute Gasteiger partial charge is 0.379 e. The van der Waals surface area contributed by atoms with Crippen LogP contribution in [0.3, 0.4) is 0 Å². The van der Waals surface area contributed by atoms with Crippen molar-refractivity contribution in [3.8, 4) is 0 Å². The van der Waals surface area contributed by atoms with Crippen LogP contribution in [0.5, 0.6) is 0 Å². The number of hydrogen-bond donors (Lipinski definition) is 1. The number of morpholine rings is 1. The van der Waals surface area contributed by atoms with Crippen LogP contribution in [0.2, 0.25) is 0 Å². The first-order chi connectivity index (χ1) is 10.6. The molecule has 0 bridgehead atoms. The Kier molecular flexibility index (Phi) is 6.58. The Morgan fingerprint density at radius 3 is 2.50 bits per heavy atom. The van der Waals surface area contributed by atoms with E-state index in [2.05, 4.69) is 53.9 Å². The fourth-order valence-corrected chi connectivity index (χ4v) is 2.47. The van der Waals surface area contributed by atoms with Gasteiger partial charge >= 0.3 is 0 Å². The van der Waals surface area contributed by atoms with Gasteiger partial charge in [0.2, 0.25) is 0 Å². The molecule has 0 unspecified atom stereocenters. The van der Waals surface area contributed by atoms with Gasteiger partial charge in [-0.1, -0.05) is 27.7 Å². The molecule has 1 aromatic heterocycles. The Balaban J connectivity index is 1.85. The van der Waals surface area contributed by atoms with Crippen LogP contribution >= 0.6 is 0 Å². The van der Waals surface area contributed by atoms with Crippen molar-refractivity contribution < 1.29 is 4.74 Å². The van der Waals surface area contributed by atoms with Crippen LogP contribution in [0.25, 0.3) is 0 Å². The molecule has 1 aliphatic rings. The van der Waals surface area contributed by atoms with Crippen molar-refractivity contribution in [2.24, 2.45) is 0 Å². The van der Waals surface area contributed by atoms with Crippen LogP contribution < -0.4 is 5.32 Å². The molecule has 1 N–H and O–H groups in total. The zero-order valence-corrected chi connectivity index (χ0v) is 14.4. The summed E-state index contributed by atoms with van der Waals surface area (Å²) < 4.78 is 5.37. The predicted octanol–water partition coefficient (Wildman–Crippen LogP) is 2.86. The summed E-state index contributed by atoms with van der Waals surface area (Å²) in [4.78, 5) is 11.8. The van der Waals surface area contributed by atoms with Gasteiger partial charge in [0.25, 0.3) is 0 Å². The van der Waals surface area contributed by atoms with Gasteiger partial charge in [-0.25, -0.2) is 9.97 Å². The second-order valence-electron chi connectivity index (χ2n) is 6.58. The van der Waals surface area contributed by atoms with Crippen LogP contribution in [-0.4, -0.2) is 54.3 Å². The lowest BCUT2D eigenvalue weighted by Gasteiger charge is -2.26. The summed E-state index contributed by atoms with van der Waals surface area (Å²) in [5.41, 5.74) is 1.12. The Hall–Kier alpha value is -1.20. The van der Waals surface area contributed by atoms with Crippen LogP contribution in [0.15, 0.2) is 6.07 Å². The highest BCUT2D eigenvalue weighted by Gasteiger charge is 2.11. The third-order valence-electron chi connectivity index (χ3n) is 3.93. The molecule has 0 radical (unpaired) electrons. The number of nitrogens with one attached hydrogen (secondary N) is 1. The Morgan fingerprint density at radius 1 is 1.14 bits per heavy atom. The Bertz CT molecular complexity index is 430. The first kappa shape index (κ1) is 17.2. The lowest BCUT2D eigenvalue weighted by Crippen LogP contribution is -2.37. The second-order valence-corrected chi connectivity index (χ2v) is 6.58. The maximum Gasteiger partial charge on any atom is 0.133 e. The minimum Gasteiger partial charge on any atom is -0.379 e. The first-order valence-corrected chi connectivity index (χ1v) is 8.49. The van der Waals surface area contributed by atoms with E-state index in [-0.39, 0.29) is 0 Å². The summed E-state index contributed by atoms with van der Waals surface area (Å²) in [6.45, 7) is 14.6. The second kappa shape index (κ2) is 8.44. The van der Waals surface area contributed by atoms with Crippen molar-refractivity contribution in [3.05, 3.63) is 17.6 Å². The van der Waals surface area contributed by atoms with E-state index in [1.807, 2.05) is 0 Å². The number of ether oxygens (including phenoxy) is 1. The van der Waals surface area contributed by atoms with E-state index < -0.39 is 0 Å². The normalized spacial score (nSPS) is 16.5. The summed E-state index contributed by atoms with van der Waals surface area (Å²) >= 11 is 0. The number of rotatable bonds is 7. The molecule has 1 fully saturated rings. The topological polar surface area (TPSA) is 50.3 Å². The molecule has 124 valence electrons. The fraction of sp³-hybridized carbons (Fsp3) is 0.765. The van der Waals surface area contributed by atoms with Crippen LogP contribution in [0.4, 0.5) is 5.82 Å². The smallest absolute Gasteiger partial charge is 0.133 e. The molecule has 0 amide bonds. The van der Waals surface area contributed by atoms with Gasteiger partial charge in [-0.3, -0.25) is 4.90 Å². The van der Waals surface area contributed by atoms with E-state index in [9.17, 15) is 0 Å². The van der Waals surface area contributed by atoms with E-state index in [0.717, 1.165) is 63.1 Å². The maximum atomic E-state index is 5.37. The molecule has 1 aliphatic heterocycles. The quantitative estimate of drug-likeness (QED) is 0.785. The summed E-state index contributed by atoms with van der Waals surface area (Å²) in [6, 6.07) is 2.09. The standard InChI is InChI=1S/C17H30N4O/c1-13(2)15-12-16(20-17(19-15)14(3)4)18-6-5-7-21-8-10-22-11-9-21/h12-14H,5-11H2,1-4H3,(H,18,19,20). The van der Waals surface area contributed by atoms with Crippen molar-refractivity contribution in [2.75, 3.05) is 44.7 Å². The summed E-state index contributed by atoms with van der Waals surface area (Å²) in [6.07, 6.45) is 1.12. The molecule has 22 heavy (non-hydrogen) atoms. The summed E-state index contributed by atoms with van der Waals surface area (Å²) in [5, 5.41) is 3.47. The minimum absolute atomic E-state index is 0.354. The SMILES string of the molecule is CC(C)c1cc(NCCCN2CCOCC2)nc(C(C)C)n1. The average molecular weight is 306 g/mol. The molecule has 0 aromatic carbocycles. The lowest BCUT2D eigenvalue weighted by molar-refractivity contribution is 0.0378. The first-order valence-electron chi connectivity index (χ1n) is 8.49. The van der Waals surface area contributed by atoms with Crippen molar-refractivity contribution in [3.63, 3.8) is 0 Å². The third-order valence-corrected chi connectivity index (χ3v) is 3.93. The van der Waals surface area contributed by atoms with Gasteiger partial charge in [0.15, 0.2) is 0 Å². The van der Waals surface area contributed by atoms with E-state index in [0.29, 0.717) is 11.8 Å². The molecule has 0 aliphatic carbocycles. The number of aromatic nitrogens is 2. The zero-order valence-electron chi connectivity index (χ0n) is 14.4. The van der Waals surface area contributed by atoms with E-state index in [4.69, 9.17) is 4.74 Å². The zero-order chi connectivity index (χ0) is 15.9. The molecule has 5 nitrogen and oxygen atoms in total. The van der Waals surface area contributed by atoms with Gasteiger partial charge in [0.1, 0.15) is 11.6 Å². The molecule has 1 saturated heterocycles. The fourth-order valence-electron chi connectivity index (χ4n) is 2.47. The Labute approximate surface area is 134 Å². The lowest BCUT2D eigenvalue weighted by atomic mass is 10.1. The highest BCUT2D eigenvalue weighted by molar-refractivity contribution is 5.37. The van der Waals surface area contributed by atoms with Gasteiger partial charge < -0.3 is 10.1 Å². The third kappa shape index (κ3) is 5.21. The molecule has 5 heteroatoms. The number of nitrogens with zero attached hydrogens (tertiary/aromatic N) is 3.